The SMILES string of the molecule is FC(F)(F)c1nc(-c2cccc(-c3ccco3)c2)cs1. The molecule has 0 aliphatic carbocycles. The van der Waals surface area contributed by atoms with Gasteiger partial charge in [0.1, 0.15) is 5.76 Å². The van der Waals surface area contributed by atoms with Crippen LogP contribution in [0.3, 0.4) is 0 Å². The van der Waals surface area contributed by atoms with Crippen LogP contribution in [0, 0.1) is 0 Å². The Hall–Kier alpha value is -2.08. The number of hydrogen-bond donors (Lipinski definition) is 0. The molecule has 0 radical (unpaired) electrons. The van der Waals surface area contributed by atoms with Crippen LogP contribution in [0.15, 0.2) is 52.5 Å². The third-order valence-corrected chi connectivity index (χ3v) is 3.60. The fourth-order valence-corrected chi connectivity index (χ4v) is 2.51. The molecule has 2 nitrogen and oxygen atoms in total. The number of aromatic nitrogens is 1. The summed E-state index contributed by atoms with van der Waals surface area (Å²) in [5.41, 5.74) is 1.75. The minimum absolute atomic E-state index is 0.315. The van der Waals surface area contributed by atoms with Crippen LogP contribution >= 0.6 is 11.3 Å². The van der Waals surface area contributed by atoms with Crippen molar-refractivity contribution in [1.82, 2.24) is 4.98 Å². The molecule has 1 aromatic carbocycles. The molecule has 0 bridgehead atoms. The molecule has 0 N–H and O–H groups in total. The van der Waals surface area contributed by atoms with Crippen LogP contribution in [-0.2, 0) is 6.18 Å². The first-order chi connectivity index (χ1) is 9.54. The topological polar surface area (TPSA) is 26.0 Å². The molecule has 0 atom stereocenters. The predicted molar refractivity (Wildman–Crippen MR) is 70.3 cm³/mol. The predicted octanol–water partition coefficient (Wildman–Crippen LogP) is 5.09. The molecule has 0 aliphatic rings. The van der Waals surface area contributed by atoms with Gasteiger partial charge in [0.25, 0.3) is 0 Å². The second-order valence-corrected chi connectivity index (χ2v) is 4.95. The minimum Gasteiger partial charge on any atom is -0.464 e. The Morgan fingerprint density at radius 2 is 1.85 bits per heavy atom. The standard InChI is InChI=1S/C14H8F3NOS/c15-14(16,17)13-18-11(8-20-13)9-3-1-4-10(7-9)12-5-2-6-19-12/h1-8H. The zero-order chi connectivity index (χ0) is 14.2. The van der Waals surface area contributed by atoms with Gasteiger partial charge in [-0.15, -0.1) is 11.3 Å². The molecule has 0 amide bonds. The average Bonchev–Trinajstić information content (AvgIpc) is 3.10. The van der Waals surface area contributed by atoms with Gasteiger partial charge in [0.15, 0.2) is 5.01 Å². The first kappa shape index (κ1) is 12.9. The molecule has 102 valence electrons. The number of halogens is 3. The fourth-order valence-electron chi connectivity index (χ4n) is 1.81. The number of nitrogens with zero attached hydrogens (tertiary/aromatic N) is 1. The van der Waals surface area contributed by atoms with E-state index in [-0.39, 0.29) is 0 Å². The first-order valence-corrected chi connectivity index (χ1v) is 6.59. The molecule has 0 saturated heterocycles. The van der Waals surface area contributed by atoms with Crippen molar-refractivity contribution in [2.45, 2.75) is 6.18 Å². The Morgan fingerprint density at radius 3 is 2.50 bits per heavy atom. The number of alkyl halides is 3. The lowest BCUT2D eigenvalue weighted by molar-refractivity contribution is -0.137. The summed E-state index contributed by atoms with van der Waals surface area (Å²) in [6.07, 6.45) is -2.85. The number of furan rings is 1. The summed E-state index contributed by atoms with van der Waals surface area (Å²) < 4.78 is 42.9. The van der Waals surface area contributed by atoms with E-state index in [0.717, 1.165) is 5.56 Å². The van der Waals surface area contributed by atoms with Crippen LogP contribution in [0.2, 0.25) is 0 Å². The van der Waals surface area contributed by atoms with Crippen molar-refractivity contribution in [2.24, 2.45) is 0 Å². The normalized spacial score (nSPS) is 11.8. The average molecular weight is 295 g/mol. The van der Waals surface area contributed by atoms with Crippen LogP contribution in [0.4, 0.5) is 13.2 Å². The van der Waals surface area contributed by atoms with Crippen molar-refractivity contribution in [3.8, 4) is 22.6 Å². The Kier molecular flexibility index (Phi) is 3.10. The van der Waals surface area contributed by atoms with Crippen molar-refractivity contribution in [3.63, 3.8) is 0 Å². The quantitative estimate of drug-likeness (QED) is 0.658. The molecule has 2 aromatic heterocycles. The van der Waals surface area contributed by atoms with E-state index in [9.17, 15) is 13.2 Å². The highest BCUT2D eigenvalue weighted by molar-refractivity contribution is 7.10. The van der Waals surface area contributed by atoms with E-state index in [1.807, 2.05) is 6.07 Å². The third-order valence-electron chi connectivity index (χ3n) is 2.71. The highest BCUT2D eigenvalue weighted by Crippen LogP contribution is 2.35. The molecule has 0 aliphatic heterocycles. The van der Waals surface area contributed by atoms with Crippen molar-refractivity contribution in [2.75, 3.05) is 0 Å². The molecule has 6 heteroatoms. The van der Waals surface area contributed by atoms with Gasteiger partial charge in [0.2, 0.25) is 0 Å². The van der Waals surface area contributed by atoms with Crippen LogP contribution in [0.5, 0.6) is 0 Å². The van der Waals surface area contributed by atoms with E-state index in [2.05, 4.69) is 4.98 Å². The Bertz CT molecular complexity index is 716. The monoisotopic (exact) mass is 295 g/mol. The van der Waals surface area contributed by atoms with Crippen molar-refractivity contribution in [3.05, 3.63) is 53.0 Å². The van der Waals surface area contributed by atoms with Crippen LogP contribution < -0.4 is 0 Å². The van der Waals surface area contributed by atoms with E-state index < -0.39 is 11.2 Å². The number of thiazole rings is 1. The van der Waals surface area contributed by atoms with Gasteiger partial charge < -0.3 is 4.42 Å². The highest BCUT2D eigenvalue weighted by atomic mass is 32.1. The smallest absolute Gasteiger partial charge is 0.443 e. The van der Waals surface area contributed by atoms with Gasteiger partial charge in [-0.3, -0.25) is 0 Å². The number of benzene rings is 1. The number of rotatable bonds is 2. The lowest BCUT2D eigenvalue weighted by Crippen LogP contribution is -2.03. The lowest BCUT2D eigenvalue weighted by Gasteiger charge is -2.02. The van der Waals surface area contributed by atoms with Crippen LogP contribution in [0.25, 0.3) is 22.6 Å². The maximum atomic E-state index is 12.6. The maximum absolute atomic E-state index is 12.6. The molecule has 20 heavy (non-hydrogen) atoms. The molecule has 0 unspecified atom stereocenters. The summed E-state index contributed by atoms with van der Waals surface area (Å²) >= 11 is 0.595. The van der Waals surface area contributed by atoms with E-state index in [1.165, 1.54) is 5.38 Å². The molecular formula is C14H8F3NOS. The van der Waals surface area contributed by atoms with Gasteiger partial charge in [0.05, 0.1) is 12.0 Å². The van der Waals surface area contributed by atoms with Gasteiger partial charge in [0, 0.05) is 16.5 Å². The molecule has 0 saturated carbocycles. The summed E-state index contributed by atoms with van der Waals surface area (Å²) in [6.45, 7) is 0. The largest absolute Gasteiger partial charge is 0.464 e. The highest BCUT2D eigenvalue weighted by Gasteiger charge is 2.34. The van der Waals surface area contributed by atoms with Crippen LogP contribution in [0.1, 0.15) is 5.01 Å². The Balaban J connectivity index is 1.99. The zero-order valence-corrected chi connectivity index (χ0v) is 10.8. The van der Waals surface area contributed by atoms with Crippen molar-refractivity contribution >= 4 is 11.3 Å². The number of hydrogen-bond acceptors (Lipinski definition) is 3. The molecule has 2 heterocycles. The Labute approximate surface area is 116 Å². The third kappa shape index (κ3) is 2.46. The van der Waals surface area contributed by atoms with E-state index >= 15 is 0 Å². The lowest BCUT2D eigenvalue weighted by atomic mass is 10.1. The summed E-state index contributed by atoms with van der Waals surface area (Å²) in [7, 11) is 0. The molecule has 0 spiro atoms. The van der Waals surface area contributed by atoms with Gasteiger partial charge in [-0.25, -0.2) is 4.98 Å². The molecular weight excluding hydrogens is 287 g/mol. The molecule has 0 fully saturated rings. The maximum Gasteiger partial charge on any atom is 0.443 e. The minimum atomic E-state index is -4.40. The van der Waals surface area contributed by atoms with Gasteiger partial charge >= 0.3 is 6.18 Å². The van der Waals surface area contributed by atoms with E-state index in [4.69, 9.17) is 4.42 Å². The molecule has 3 rings (SSSR count). The molecule has 3 aromatic rings. The second kappa shape index (κ2) is 4.79. The summed E-state index contributed by atoms with van der Waals surface area (Å²) in [6, 6.07) is 10.6. The summed E-state index contributed by atoms with van der Waals surface area (Å²) in [5, 5.41) is 0.570. The van der Waals surface area contributed by atoms with Crippen LogP contribution in [-0.4, -0.2) is 4.98 Å². The van der Waals surface area contributed by atoms with E-state index in [0.29, 0.717) is 28.4 Å². The fraction of sp³-hybridized carbons (Fsp3) is 0.0714. The van der Waals surface area contributed by atoms with E-state index in [1.54, 1.807) is 36.6 Å². The second-order valence-electron chi connectivity index (χ2n) is 4.09. The summed E-state index contributed by atoms with van der Waals surface area (Å²) in [5.74, 6) is 0.665. The Morgan fingerprint density at radius 1 is 1.05 bits per heavy atom. The summed E-state index contributed by atoms with van der Waals surface area (Å²) in [4.78, 5) is 3.64. The van der Waals surface area contributed by atoms with Gasteiger partial charge in [-0.2, -0.15) is 13.2 Å². The first-order valence-electron chi connectivity index (χ1n) is 5.71. The van der Waals surface area contributed by atoms with Crippen molar-refractivity contribution < 1.29 is 17.6 Å². The zero-order valence-electron chi connectivity index (χ0n) is 10.0. The van der Waals surface area contributed by atoms with Crippen molar-refractivity contribution in [1.29, 1.82) is 0 Å². The van der Waals surface area contributed by atoms with Gasteiger partial charge in [-0.05, 0) is 18.2 Å². The van der Waals surface area contributed by atoms with Gasteiger partial charge in [-0.1, -0.05) is 18.2 Å².